The lowest BCUT2D eigenvalue weighted by atomic mass is 10.2. The van der Waals surface area contributed by atoms with Crippen molar-refractivity contribution in [3.63, 3.8) is 0 Å². The van der Waals surface area contributed by atoms with Crippen molar-refractivity contribution in [3.8, 4) is 11.5 Å². The smallest absolute Gasteiger partial charge is 0.248 e. The van der Waals surface area contributed by atoms with Crippen LogP contribution in [0.3, 0.4) is 0 Å². The summed E-state index contributed by atoms with van der Waals surface area (Å²) >= 11 is 0. The van der Waals surface area contributed by atoms with Crippen LogP contribution in [0.4, 0.5) is 11.5 Å². The van der Waals surface area contributed by atoms with Gasteiger partial charge in [-0.3, -0.25) is 4.79 Å². The van der Waals surface area contributed by atoms with Crippen molar-refractivity contribution in [3.05, 3.63) is 30.0 Å². The fourth-order valence-corrected chi connectivity index (χ4v) is 2.45. The Balaban J connectivity index is 1.68. The lowest BCUT2D eigenvalue weighted by Gasteiger charge is -2.18. The molecule has 1 aromatic carbocycles. The zero-order valence-electron chi connectivity index (χ0n) is 13.8. The maximum absolute atomic E-state index is 12.4. The SMILES string of the molecule is CC[C@@H](Nc1ccc2c(c1)OCCCO2)C(=O)Nc1cc(C)on1. The Labute approximate surface area is 140 Å². The first-order valence-corrected chi connectivity index (χ1v) is 8.06. The Hall–Kier alpha value is -2.70. The number of amides is 1. The monoisotopic (exact) mass is 331 g/mol. The first-order chi connectivity index (χ1) is 11.7. The Morgan fingerprint density at radius 1 is 1.25 bits per heavy atom. The van der Waals surface area contributed by atoms with Gasteiger partial charge in [-0.05, 0) is 25.5 Å². The van der Waals surface area contributed by atoms with E-state index >= 15 is 0 Å². The number of anilines is 2. The van der Waals surface area contributed by atoms with Gasteiger partial charge in [0, 0.05) is 24.2 Å². The van der Waals surface area contributed by atoms with E-state index in [1.807, 2.05) is 25.1 Å². The van der Waals surface area contributed by atoms with Crippen LogP contribution >= 0.6 is 0 Å². The van der Waals surface area contributed by atoms with Gasteiger partial charge in [-0.15, -0.1) is 0 Å². The van der Waals surface area contributed by atoms with Crippen molar-refractivity contribution < 1.29 is 18.8 Å². The summed E-state index contributed by atoms with van der Waals surface area (Å²) in [5.74, 6) is 2.32. The predicted octanol–water partition coefficient (Wildman–Crippen LogP) is 2.97. The van der Waals surface area contributed by atoms with E-state index in [-0.39, 0.29) is 5.91 Å². The third-order valence-electron chi connectivity index (χ3n) is 3.69. The van der Waals surface area contributed by atoms with E-state index in [9.17, 15) is 4.79 Å². The molecule has 1 atom stereocenters. The van der Waals surface area contributed by atoms with Gasteiger partial charge in [0.25, 0.3) is 0 Å². The van der Waals surface area contributed by atoms with Gasteiger partial charge in [0.2, 0.25) is 5.91 Å². The van der Waals surface area contributed by atoms with Crippen molar-refractivity contribution in [1.29, 1.82) is 0 Å². The number of carbonyl (C=O) groups is 1. The van der Waals surface area contributed by atoms with Crippen LogP contribution < -0.4 is 20.1 Å². The number of carbonyl (C=O) groups excluding carboxylic acids is 1. The molecule has 2 N–H and O–H groups in total. The molecule has 2 aromatic rings. The van der Waals surface area contributed by atoms with Crippen LogP contribution in [-0.4, -0.2) is 30.3 Å². The summed E-state index contributed by atoms with van der Waals surface area (Å²) < 4.78 is 16.2. The number of ether oxygens (including phenoxy) is 2. The second-order valence-corrected chi connectivity index (χ2v) is 5.63. The van der Waals surface area contributed by atoms with E-state index in [4.69, 9.17) is 14.0 Å². The van der Waals surface area contributed by atoms with Crippen molar-refractivity contribution in [2.75, 3.05) is 23.8 Å². The normalized spacial score (nSPS) is 14.6. The Morgan fingerprint density at radius 3 is 2.75 bits per heavy atom. The second kappa shape index (κ2) is 7.25. The molecule has 3 rings (SSSR count). The van der Waals surface area contributed by atoms with Crippen LogP contribution in [0.2, 0.25) is 0 Å². The molecule has 24 heavy (non-hydrogen) atoms. The van der Waals surface area contributed by atoms with Crippen molar-refractivity contribution in [2.24, 2.45) is 0 Å². The summed E-state index contributed by atoms with van der Waals surface area (Å²) in [7, 11) is 0. The quantitative estimate of drug-likeness (QED) is 0.876. The average molecular weight is 331 g/mol. The third-order valence-corrected chi connectivity index (χ3v) is 3.69. The number of hydrogen-bond donors (Lipinski definition) is 2. The van der Waals surface area contributed by atoms with Crippen LogP contribution in [0.5, 0.6) is 11.5 Å². The lowest BCUT2D eigenvalue weighted by molar-refractivity contribution is -0.117. The third kappa shape index (κ3) is 3.79. The zero-order chi connectivity index (χ0) is 16.9. The van der Waals surface area contributed by atoms with Crippen LogP contribution in [0.15, 0.2) is 28.8 Å². The number of aryl methyl sites for hydroxylation is 1. The largest absolute Gasteiger partial charge is 0.490 e. The second-order valence-electron chi connectivity index (χ2n) is 5.63. The molecule has 0 spiro atoms. The topological polar surface area (TPSA) is 85.6 Å². The number of nitrogens with one attached hydrogen (secondary N) is 2. The first kappa shape index (κ1) is 16.2. The van der Waals surface area contributed by atoms with Gasteiger partial charge in [0.1, 0.15) is 11.8 Å². The first-order valence-electron chi connectivity index (χ1n) is 8.06. The molecule has 7 heteroatoms. The summed E-state index contributed by atoms with van der Waals surface area (Å²) in [5.41, 5.74) is 0.803. The van der Waals surface area contributed by atoms with Gasteiger partial charge in [-0.2, -0.15) is 0 Å². The fraction of sp³-hybridized carbons (Fsp3) is 0.412. The molecule has 1 aliphatic rings. The molecule has 0 saturated carbocycles. The Morgan fingerprint density at radius 2 is 2.04 bits per heavy atom. The molecule has 1 aliphatic heterocycles. The maximum Gasteiger partial charge on any atom is 0.248 e. The van der Waals surface area contributed by atoms with E-state index < -0.39 is 6.04 Å². The molecule has 1 aromatic heterocycles. The molecule has 0 radical (unpaired) electrons. The molecule has 0 unspecified atom stereocenters. The van der Waals surface area contributed by atoms with Crippen LogP contribution in [-0.2, 0) is 4.79 Å². The molecule has 0 fully saturated rings. The van der Waals surface area contributed by atoms with E-state index in [0.717, 1.165) is 17.9 Å². The minimum Gasteiger partial charge on any atom is -0.490 e. The highest BCUT2D eigenvalue weighted by Gasteiger charge is 2.19. The summed E-state index contributed by atoms with van der Waals surface area (Å²) in [4.78, 5) is 12.4. The number of hydrogen-bond acceptors (Lipinski definition) is 6. The fourth-order valence-electron chi connectivity index (χ4n) is 2.45. The van der Waals surface area contributed by atoms with Gasteiger partial charge >= 0.3 is 0 Å². The minimum absolute atomic E-state index is 0.169. The van der Waals surface area contributed by atoms with E-state index in [1.54, 1.807) is 13.0 Å². The summed E-state index contributed by atoms with van der Waals surface area (Å²) in [6.45, 7) is 4.99. The maximum atomic E-state index is 12.4. The van der Waals surface area contributed by atoms with Gasteiger partial charge in [0.05, 0.1) is 13.2 Å². The van der Waals surface area contributed by atoms with Crippen LogP contribution in [0, 0.1) is 6.92 Å². The van der Waals surface area contributed by atoms with Gasteiger partial charge in [-0.25, -0.2) is 0 Å². The Kier molecular flexibility index (Phi) is 4.88. The van der Waals surface area contributed by atoms with Crippen molar-refractivity contribution in [1.82, 2.24) is 5.16 Å². The number of rotatable bonds is 5. The molecule has 0 saturated heterocycles. The summed E-state index contributed by atoms with van der Waals surface area (Å²) in [5, 5.41) is 9.74. The lowest BCUT2D eigenvalue weighted by Crippen LogP contribution is -2.34. The molecule has 0 aliphatic carbocycles. The highest BCUT2D eigenvalue weighted by atomic mass is 16.5. The molecule has 7 nitrogen and oxygen atoms in total. The highest BCUT2D eigenvalue weighted by Crippen LogP contribution is 2.32. The average Bonchev–Trinajstić information content (AvgIpc) is 2.84. The molecule has 0 bridgehead atoms. The predicted molar refractivity (Wildman–Crippen MR) is 89.6 cm³/mol. The van der Waals surface area contributed by atoms with Crippen molar-refractivity contribution in [2.45, 2.75) is 32.7 Å². The van der Waals surface area contributed by atoms with Gasteiger partial charge in [0.15, 0.2) is 17.3 Å². The van der Waals surface area contributed by atoms with E-state index in [2.05, 4.69) is 15.8 Å². The molecule has 1 amide bonds. The molecule has 128 valence electrons. The highest BCUT2D eigenvalue weighted by molar-refractivity contribution is 5.95. The number of nitrogens with zero attached hydrogens (tertiary/aromatic N) is 1. The van der Waals surface area contributed by atoms with E-state index in [0.29, 0.717) is 37.0 Å². The summed E-state index contributed by atoms with van der Waals surface area (Å²) in [6, 6.07) is 6.87. The molecular formula is C17H21N3O4. The number of fused-ring (bicyclic) bond motifs is 1. The molecular weight excluding hydrogens is 310 g/mol. The molecule has 2 heterocycles. The number of benzene rings is 1. The zero-order valence-corrected chi connectivity index (χ0v) is 13.8. The van der Waals surface area contributed by atoms with Crippen LogP contribution in [0.25, 0.3) is 0 Å². The van der Waals surface area contributed by atoms with Crippen molar-refractivity contribution >= 4 is 17.4 Å². The van der Waals surface area contributed by atoms with E-state index in [1.165, 1.54) is 0 Å². The Bertz CT molecular complexity index is 714. The minimum atomic E-state index is -0.397. The van der Waals surface area contributed by atoms with Gasteiger partial charge < -0.3 is 24.6 Å². The van der Waals surface area contributed by atoms with Crippen LogP contribution in [0.1, 0.15) is 25.5 Å². The number of aromatic nitrogens is 1. The standard InChI is InChI=1S/C17H21N3O4/c1-3-13(17(21)19-16-9-11(2)24-20-16)18-12-5-6-14-15(10-12)23-8-4-7-22-14/h5-6,9-10,13,18H,3-4,7-8H2,1-2H3,(H,19,20,21)/t13-/m1/s1. The summed E-state index contributed by atoms with van der Waals surface area (Å²) in [6.07, 6.45) is 1.48. The van der Waals surface area contributed by atoms with Gasteiger partial charge in [-0.1, -0.05) is 12.1 Å².